The van der Waals surface area contributed by atoms with Crippen LogP contribution < -0.4 is 9.62 Å². The number of ether oxygens (including phenoxy) is 1. The maximum atomic E-state index is 13.2. The molecule has 0 aliphatic carbocycles. The van der Waals surface area contributed by atoms with Crippen LogP contribution in [0.1, 0.15) is 28.4 Å². The lowest BCUT2D eigenvalue weighted by Crippen LogP contribution is -2.44. The Bertz CT molecular complexity index is 878. The lowest BCUT2D eigenvalue weighted by Gasteiger charge is -2.34. The van der Waals surface area contributed by atoms with Crippen LogP contribution in [0.5, 0.6) is 11.5 Å². The summed E-state index contributed by atoms with van der Waals surface area (Å²) in [5.41, 5.74) is 3.50. The highest BCUT2D eigenvalue weighted by molar-refractivity contribution is 6.03. The Morgan fingerprint density at radius 2 is 2.00 bits per heavy atom. The summed E-state index contributed by atoms with van der Waals surface area (Å²) in [7, 11) is 1.53. The second kappa shape index (κ2) is 6.80. The van der Waals surface area contributed by atoms with E-state index >= 15 is 0 Å². The first-order valence-electron chi connectivity index (χ1n) is 8.64. The van der Waals surface area contributed by atoms with E-state index in [2.05, 4.69) is 17.1 Å². The van der Waals surface area contributed by atoms with E-state index in [1.54, 1.807) is 12.1 Å². The van der Waals surface area contributed by atoms with E-state index in [-0.39, 0.29) is 11.9 Å². The van der Waals surface area contributed by atoms with Gasteiger partial charge in [0.25, 0.3) is 5.91 Å². The van der Waals surface area contributed by atoms with Crippen molar-refractivity contribution in [3.05, 3.63) is 53.1 Å². The van der Waals surface area contributed by atoms with Crippen LogP contribution in [0.4, 0.5) is 5.69 Å². The Morgan fingerprint density at radius 1 is 1.19 bits per heavy atom. The van der Waals surface area contributed by atoms with Crippen LogP contribution in [0, 0.1) is 0 Å². The zero-order chi connectivity index (χ0) is 18.1. The number of hydrogen-bond donors (Lipinski definition) is 0. The molecule has 0 aromatic heterocycles. The molecule has 4 rings (SSSR count). The standard InChI is InChI=1S/C20H20N2O4/c1-3-25-26-19-10-17-16(9-18(19)24-2)20(23)22-12-14-7-5-4-6-13(14)8-15(22)11-21-17/h4-7,9-11,15H,3,8,12H2,1-2H3/t15-/m0/s1. The summed E-state index contributed by atoms with van der Waals surface area (Å²) in [5, 5.41) is 0. The van der Waals surface area contributed by atoms with Gasteiger partial charge in [0.2, 0.25) is 5.75 Å². The summed E-state index contributed by atoms with van der Waals surface area (Å²) in [6.07, 6.45) is 2.61. The van der Waals surface area contributed by atoms with Crippen molar-refractivity contribution in [3.8, 4) is 11.5 Å². The summed E-state index contributed by atoms with van der Waals surface area (Å²) in [5.74, 6) is 0.788. The first kappa shape index (κ1) is 16.6. The number of benzene rings is 2. The van der Waals surface area contributed by atoms with E-state index in [9.17, 15) is 4.79 Å². The van der Waals surface area contributed by atoms with Crippen LogP contribution >= 0.6 is 0 Å². The molecule has 0 bridgehead atoms. The number of rotatable bonds is 4. The summed E-state index contributed by atoms with van der Waals surface area (Å²) in [6, 6.07) is 11.5. The lowest BCUT2D eigenvalue weighted by molar-refractivity contribution is -0.202. The molecule has 0 saturated carbocycles. The number of amides is 1. The topological polar surface area (TPSA) is 60.4 Å². The van der Waals surface area contributed by atoms with Crippen molar-refractivity contribution in [2.75, 3.05) is 13.7 Å². The number of fused-ring (bicyclic) bond motifs is 3. The van der Waals surface area contributed by atoms with Crippen molar-refractivity contribution in [2.24, 2.45) is 4.99 Å². The molecule has 2 aromatic carbocycles. The molecule has 134 valence electrons. The average Bonchev–Trinajstić information content (AvgIpc) is 2.80. The molecule has 2 aliphatic heterocycles. The summed E-state index contributed by atoms with van der Waals surface area (Å²) in [4.78, 5) is 29.9. The van der Waals surface area contributed by atoms with Crippen molar-refractivity contribution in [2.45, 2.75) is 25.9 Å². The van der Waals surface area contributed by atoms with Crippen molar-refractivity contribution in [1.29, 1.82) is 0 Å². The zero-order valence-electron chi connectivity index (χ0n) is 14.8. The van der Waals surface area contributed by atoms with Crippen molar-refractivity contribution < 1.29 is 19.3 Å². The van der Waals surface area contributed by atoms with Gasteiger partial charge in [-0.05, 0) is 30.5 Å². The minimum absolute atomic E-state index is 0.0572. The fourth-order valence-corrected chi connectivity index (χ4v) is 3.40. The third-order valence-corrected chi connectivity index (χ3v) is 4.71. The van der Waals surface area contributed by atoms with Gasteiger partial charge in [-0.3, -0.25) is 9.79 Å². The zero-order valence-corrected chi connectivity index (χ0v) is 14.8. The predicted octanol–water partition coefficient (Wildman–Crippen LogP) is 3.31. The Kier molecular flexibility index (Phi) is 4.34. The summed E-state index contributed by atoms with van der Waals surface area (Å²) < 4.78 is 5.36. The molecule has 2 aromatic rings. The van der Waals surface area contributed by atoms with Gasteiger partial charge in [-0.15, -0.1) is 0 Å². The highest BCUT2D eigenvalue weighted by Gasteiger charge is 2.33. The Hall–Kier alpha value is -2.86. The second-order valence-corrected chi connectivity index (χ2v) is 6.26. The number of nitrogens with zero attached hydrogens (tertiary/aromatic N) is 2. The van der Waals surface area contributed by atoms with Crippen LogP contribution in [0.2, 0.25) is 0 Å². The predicted molar refractivity (Wildman–Crippen MR) is 97.2 cm³/mol. The first-order valence-corrected chi connectivity index (χ1v) is 8.64. The molecule has 0 radical (unpaired) electrons. The quantitative estimate of drug-likeness (QED) is 0.626. The maximum Gasteiger partial charge on any atom is 0.257 e. The van der Waals surface area contributed by atoms with E-state index in [1.165, 1.54) is 18.2 Å². The molecule has 1 amide bonds. The van der Waals surface area contributed by atoms with Gasteiger partial charge < -0.3 is 14.5 Å². The molecule has 26 heavy (non-hydrogen) atoms. The van der Waals surface area contributed by atoms with E-state index in [4.69, 9.17) is 14.5 Å². The highest BCUT2D eigenvalue weighted by Crippen LogP contribution is 2.38. The Balaban J connectivity index is 1.74. The molecule has 1 atom stereocenters. The maximum absolute atomic E-state index is 13.2. The van der Waals surface area contributed by atoms with Crippen molar-refractivity contribution in [3.63, 3.8) is 0 Å². The molecule has 2 aliphatic rings. The van der Waals surface area contributed by atoms with Crippen LogP contribution in [-0.2, 0) is 17.9 Å². The Morgan fingerprint density at radius 3 is 2.77 bits per heavy atom. The average molecular weight is 352 g/mol. The fraction of sp³-hybridized carbons (Fsp3) is 0.300. The molecular formula is C20H20N2O4. The third-order valence-electron chi connectivity index (χ3n) is 4.71. The normalized spacial score (nSPS) is 17.8. The monoisotopic (exact) mass is 352 g/mol. The van der Waals surface area contributed by atoms with Gasteiger partial charge >= 0.3 is 0 Å². The van der Waals surface area contributed by atoms with Gasteiger partial charge in [0, 0.05) is 18.8 Å². The van der Waals surface area contributed by atoms with Gasteiger partial charge in [-0.1, -0.05) is 24.3 Å². The fourth-order valence-electron chi connectivity index (χ4n) is 3.40. The van der Waals surface area contributed by atoms with Crippen molar-refractivity contribution in [1.82, 2.24) is 4.90 Å². The van der Waals surface area contributed by atoms with Crippen molar-refractivity contribution >= 4 is 17.8 Å². The van der Waals surface area contributed by atoms with E-state index in [0.29, 0.717) is 35.9 Å². The smallest absolute Gasteiger partial charge is 0.257 e. The largest absolute Gasteiger partial charge is 0.493 e. The number of methoxy groups -OCH3 is 1. The molecule has 0 unspecified atom stereocenters. The van der Waals surface area contributed by atoms with Gasteiger partial charge in [0.15, 0.2) is 5.75 Å². The number of carbonyl (C=O) groups is 1. The number of aliphatic imine (C=N–C) groups is 1. The number of carbonyl (C=O) groups excluding carboxylic acids is 1. The minimum Gasteiger partial charge on any atom is -0.493 e. The molecule has 6 heteroatoms. The second-order valence-electron chi connectivity index (χ2n) is 6.26. The molecule has 2 heterocycles. The highest BCUT2D eigenvalue weighted by atomic mass is 17.2. The number of hydrogen-bond acceptors (Lipinski definition) is 5. The SMILES string of the molecule is CCOOc1cc2c(cc1OC)C(=O)N1Cc3ccccc3C[C@H]1C=N2. The van der Waals surface area contributed by atoms with Crippen LogP contribution in [-0.4, -0.2) is 36.8 Å². The van der Waals surface area contributed by atoms with E-state index < -0.39 is 0 Å². The summed E-state index contributed by atoms with van der Waals surface area (Å²) >= 11 is 0. The van der Waals surface area contributed by atoms with E-state index in [1.807, 2.05) is 30.2 Å². The molecular weight excluding hydrogens is 332 g/mol. The van der Waals surface area contributed by atoms with Gasteiger partial charge in [-0.25, -0.2) is 0 Å². The van der Waals surface area contributed by atoms with Crippen LogP contribution in [0.25, 0.3) is 0 Å². The molecule has 6 nitrogen and oxygen atoms in total. The van der Waals surface area contributed by atoms with Crippen LogP contribution in [0.15, 0.2) is 41.4 Å². The molecule has 0 N–H and O–H groups in total. The molecule has 0 fully saturated rings. The Labute approximate surface area is 151 Å². The molecule has 0 saturated heterocycles. The van der Waals surface area contributed by atoms with Gasteiger partial charge in [0.05, 0.1) is 31.0 Å². The lowest BCUT2D eigenvalue weighted by atomic mass is 9.94. The van der Waals surface area contributed by atoms with Gasteiger partial charge in [-0.2, -0.15) is 4.89 Å². The first-order chi connectivity index (χ1) is 12.7. The van der Waals surface area contributed by atoms with Crippen LogP contribution in [0.3, 0.4) is 0 Å². The minimum atomic E-state index is -0.0629. The third kappa shape index (κ3) is 2.82. The van der Waals surface area contributed by atoms with E-state index in [0.717, 1.165) is 6.42 Å². The molecule has 0 spiro atoms. The summed E-state index contributed by atoms with van der Waals surface area (Å²) in [6.45, 7) is 2.80. The van der Waals surface area contributed by atoms with Gasteiger partial charge in [0.1, 0.15) is 0 Å².